The smallest absolute Gasteiger partial charge is 0.268 e. The van der Waals surface area contributed by atoms with E-state index in [1.807, 2.05) is 23.9 Å². The second kappa shape index (κ2) is 7.75. The molecule has 1 aliphatic rings. The van der Waals surface area contributed by atoms with Gasteiger partial charge in [-0.25, -0.2) is 13.8 Å². The Hall–Kier alpha value is -3.87. The molecule has 31 heavy (non-hydrogen) atoms. The van der Waals surface area contributed by atoms with Gasteiger partial charge in [-0.15, -0.1) is 0 Å². The van der Waals surface area contributed by atoms with Crippen LogP contribution in [-0.2, 0) is 11.8 Å². The van der Waals surface area contributed by atoms with Crippen molar-refractivity contribution in [3.8, 4) is 17.2 Å². The number of amides is 2. The number of carbonyl (C=O) groups excluding carboxylic acids is 2. The maximum Gasteiger partial charge on any atom is 0.268 e. The number of aryl methyl sites for hydroxylation is 1. The van der Waals surface area contributed by atoms with E-state index in [4.69, 9.17) is 5.26 Å². The summed E-state index contributed by atoms with van der Waals surface area (Å²) in [6, 6.07) is 5.68. The molecule has 1 N–H and O–H groups in total. The fourth-order valence-electron chi connectivity index (χ4n) is 3.75. The minimum absolute atomic E-state index is 0.280. The number of nitrogens with one attached hydrogen (secondary N) is 1. The van der Waals surface area contributed by atoms with E-state index in [0.29, 0.717) is 5.56 Å². The van der Waals surface area contributed by atoms with Crippen molar-refractivity contribution < 1.29 is 18.4 Å². The number of rotatable bonds is 4. The van der Waals surface area contributed by atoms with E-state index in [9.17, 15) is 18.4 Å². The molecule has 2 amide bonds. The number of pyridine rings is 2. The van der Waals surface area contributed by atoms with Gasteiger partial charge in [0, 0.05) is 49.2 Å². The number of likely N-dealkylation sites (tertiary alicyclic amines) is 1. The van der Waals surface area contributed by atoms with E-state index in [-0.39, 0.29) is 5.56 Å². The summed E-state index contributed by atoms with van der Waals surface area (Å²) in [4.78, 5) is 34.5. The highest BCUT2D eigenvalue weighted by molar-refractivity contribution is 6.05. The zero-order valence-corrected chi connectivity index (χ0v) is 16.5. The van der Waals surface area contributed by atoms with Crippen LogP contribution in [-0.4, -0.2) is 56.3 Å². The van der Waals surface area contributed by atoms with Gasteiger partial charge in [0.1, 0.15) is 11.7 Å². The molecular formula is C21H18F2N6O2. The van der Waals surface area contributed by atoms with E-state index >= 15 is 0 Å². The van der Waals surface area contributed by atoms with E-state index in [2.05, 4.69) is 15.3 Å². The molecule has 1 unspecified atom stereocenters. The third-order valence-corrected chi connectivity index (χ3v) is 5.26. The van der Waals surface area contributed by atoms with Crippen LogP contribution in [0.5, 0.6) is 0 Å². The predicted molar refractivity (Wildman–Crippen MR) is 107 cm³/mol. The van der Waals surface area contributed by atoms with Crippen LogP contribution in [0.25, 0.3) is 22.2 Å². The van der Waals surface area contributed by atoms with Crippen LogP contribution in [0, 0.1) is 11.3 Å². The Balaban J connectivity index is 1.56. The fraction of sp³-hybridized carbons (Fsp3) is 0.286. The van der Waals surface area contributed by atoms with Gasteiger partial charge < -0.3 is 14.8 Å². The number of carbonyl (C=O) groups is 2. The largest absolute Gasteiger partial charge is 0.343 e. The third-order valence-electron chi connectivity index (χ3n) is 5.26. The van der Waals surface area contributed by atoms with Crippen molar-refractivity contribution >= 4 is 22.8 Å². The van der Waals surface area contributed by atoms with Crippen LogP contribution in [0.4, 0.5) is 8.78 Å². The SMILES string of the molecule is Cn1ccc2c(-c3cnccc3C(=O)NCC(=O)N3CC(F)(F)CC3C#N)ccnc21. The Labute approximate surface area is 176 Å². The Morgan fingerprint density at radius 2 is 2.10 bits per heavy atom. The van der Waals surface area contributed by atoms with Gasteiger partial charge in [-0.1, -0.05) is 0 Å². The second-order valence-electron chi connectivity index (χ2n) is 7.35. The fourth-order valence-corrected chi connectivity index (χ4v) is 3.75. The first-order valence-electron chi connectivity index (χ1n) is 9.50. The number of hydrogen-bond acceptors (Lipinski definition) is 5. The molecule has 10 heteroatoms. The van der Waals surface area contributed by atoms with Gasteiger partial charge in [-0.3, -0.25) is 14.6 Å². The van der Waals surface area contributed by atoms with Crippen molar-refractivity contribution in [3.05, 3.63) is 48.5 Å². The number of halogens is 2. The topological polar surface area (TPSA) is 104 Å². The zero-order valence-electron chi connectivity index (χ0n) is 16.5. The maximum absolute atomic E-state index is 13.6. The second-order valence-corrected chi connectivity index (χ2v) is 7.35. The molecule has 0 spiro atoms. The van der Waals surface area contributed by atoms with E-state index in [1.54, 1.807) is 24.5 Å². The van der Waals surface area contributed by atoms with Crippen LogP contribution in [0.15, 0.2) is 43.0 Å². The summed E-state index contributed by atoms with van der Waals surface area (Å²) in [5.74, 6) is -4.39. The van der Waals surface area contributed by atoms with Gasteiger partial charge in [0.25, 0.3) is 11.8 Å². The molecule has 1 fully saturated rings. The van der Waals surface area contributed by atoms with Crippen molar-refractivity contribution in [2.45, 2.75) is 18.4 Å². The minimum atomic E-state index is -3.11. The summed E-state index contributed by atoms with van der Waals surface area (Å²) in [7, 11) is 1.86. The first kappa shape index (κ1) is 20.4. The predicted octanol–water partition coefficient (Wildman–Crippen LogP) is 2.12. The number of nitriles is 1. The number of nitrogens with zero attached hydrogens (tertiary/aromatic N) is 5. The highest BCUT2D eigenvalue weighted by atomic mass is 19.3. The third kappa shape index (κ3) is 3.82. The van der Waals surface area contributed by atoms with E-state index in [0.717, 1.165) is 21.5 Å². The van der Waals surface area contributed by atoms with Crippen molar-refractivity contribution in [1.82, 2.24) is 24.8 Å². The van der Waals surface area contributed by atoms with E-state index in [1.165, 1.54) is 12.3 Å². The molecule has 1 aliphatic heterocycles. The average molecular weight is 424 g/mol. The van der Waals surface area contributed by atoms with Gasteiger partial charge >= 0.3 is 0 Å². The highest BCUT2D eigenvalue weighted by Gasteiger charge is 2.47. The monoisotopic (exact) mass is 424 g/mol. The highest BCUT2D eigenvalue weighted by Crippen LogP contribution is 2.32. The zero-order chi connectivity index (χ0) is 22.2. The normalized spacial score (nSPS) is 17.5. The first-order valence-corrected chi connectivity index (χ1v) is 9.50. The number of aromatic nitrogens is 3. The molecule has 3 aromatic heterocycles. The molecule has 4 rings (SSSR count). The van der Waals surface area contributed by atoms with Crippen LogP contribution in [0.1, 0.15) is 16.8 Å². The molecule has 8 nitrogen and oxygen atoms in total. The summed E-state index contributed by atoms with van der Waals surface area (Å²) in [5.41, 5.74) is 2.32. The summed E-state index contributed by atoms with van der Waals surface area (Å²) in [6.45, 7) is -1.32. The lowest BCUT2D eigenvalue weighted by Gasteiger charge is -2.19. The Morgan fingerprint density at radius 1 is 1.29 bits per heavy atom. The average Bonchev–Trinajstić information content (AvgIpc) is 3.30. The molecule has 158 valence electrons. The van der Waals surface area contributed by atoms with E-state index < -0.39 is 43.3 Å². The van der Waals surface area contributed by atoms with Gasteiger partial charge in [-0.05, 0) is 23.8 Å². The quantitative estimate of drug-likeness (QED) is 0.691. The molecule has 0 aliphatic carbocycles. The van der Waals surface area contributed by atoms with Gasteiger partial charge in [0.05, 0.1) is 24.7 Å². The molecule has 1 atom stereocenters. The molecular weight excluding hydrogens is 406 g/mol. The van der Waals surface area contributed by atoms with Crippen molar-refractivity contribution in [2.24, 2.45) is 7.05 Å². The number of alkyl halides is 2. The lowest BCUT2D eigenvalue weighted by molar-refractivity contribution is -0.131. The van der Waals surface area contributed by atoms with Crippen LogP contribution < -0.4 is 5.32 Å². The first-order chi connectivity index (χ1) is 14.8. The van der Waals surface area contributed by atoms with Crippen molar-refractivity contribution in [2.75, 3.05) is 13.1 Å². The van der Waals surface area contributed by atoms with Gasteiger partial charge in [0.15, 0.2) is 0 Å². The molecule has 0 bridgehead atoms. The molecule has 0 radical (unpaired) electrons. The summed E-state index contributed by atoms with van der Waals surface area (Å²) < 4.78 is 29.0. The van der Waals surface area contributed by atoms with Crippen LogP contribution in [0.3, 0.4) is 0 Å². The van der Waals surface area contributed by atoms with Crippen molar-refractivity contribution in [3.63, 3.8) is 0 Å². The van der Waals surface area contributed by atoms with Gasteiger partial charge in [0.2, 0.25) is 5.91 Å². The molecule has 4 heterocycles. The summed E-state index contributed by atoms with van der Waals surface area (Å²) in [6.07, 6.45) is 5.78. The molecule has 0 aromatic carbocycles. The summed E-state index contributed by atoms with van der Waals surface area (Å²) in [5, 5.41) is 12.4. The van der Waals surface area contributed by atoms with Crippen molar-refractivity contribution in [1.29, 1.82) is 5.26 Å². The standard InChI is InChI=1S/C21H18F2N6O2/c1-28-7-4-15-14(3-6-26-19(15)28)17-10-25-5-2-16(17)20(31)27-11-18(30)29-12-21(22,23)8-13(29)9-24/h2-7,10,13H,8,11-12H2,1H3,(H,27,31). The molecule has 0 saturated carbocycles. The lowest BCUT2D eigenvalue weighted by Crippen LogP contribution is -2.43. The Bertz CT molecular complexity index is 1220. The molecule has 1 saturated heterocycles. The summed E-state index contributed by atoms with van der Waals surface area (Å²) >= 11 is 0. The maximum atomic E-state index is 13.6. The van der Waals surface area contributed by atoms with Crippen LogP contribution in [0.2, 0.25) is 0 Å². The minimum Gasteiger partial charge on any atom is -0.343 e. The molecule has 3 aromatic rings. The lowest BCUT2D eigenvalue weighted by atomic mass is 10.00. The van der Waals surface area contributed by atoms with Gasteiger partial charge in [-0.2, -0.15) is 5.26 Å². The number of fused-ring (bicyclic) bond motifs is 1. The number of hydrogen-bond donors (Lipinski definition) is 1. The Kier molecular flexibility index (Phi) is 5.10. The van der Waals surface area contributed by atoms with Crippen LogP contribution >= 0.6 is 0 Å². The Morgan fingerprint density at radius 3 is 2.87 bits per heavy atom.